The largest absolute Gasteiger partial charge is 0.471 e. The van der Waals surface area contributed by atoms with Crippen LogP contribution in [0.1, 0.15) is 21.1 Å². The first kappa shape index (κ1) is 19.6. The highest BCUT2D eigenvalue weighted by Crippen LogP contribution is 2.30. The highest BCUT2D eigenvalue weighted by Gasteiger charge is 2.38. The fourth-order valence-electron chi connectivity index (χ4n) is 2.13. The normalized spacial score (nSPS) is 11.5. The third kappa shape index (κ3) is 4.06. The maximum absolute atomic E-state index is 14.2. The second-order valence-corrected chi connectivity index (χ2v) is 6.28. The zero-order chi connectivity index (χ0) is 20.5. The van der Waals surface area contributed by atoms with Crippen molar-refractivity contribution < 1.29 is 36.1 Å². The lowest BCUT2D eigenvalue weighted by Gasteiger charge is -2.08. The first-order valence-electron chi connectivity index (χ1n) is 7.42. The maximum Gasteiger partial charge on any atom is 0.471 e. The molecule has 0 radical (unpaired) electrons. The number of benzene rings is 1. The van der Waals surface area contributed by atoms with Crippen molar-refractivity contribution in [3.63, 3.8) is 0 Å². The van der Waals surface area contributed by atoms with Crippen molar-refractivity contribution in [1.82, 2.24) is 15.5 Å². The lowest BCUT2D eigenvalue weighted by atomic mass is 10.1. The molecule has 0 spiro atoms. The number of amides is 1. The molecule has 0 saturated carbocycles. The van der Waals surface area contributed by atoms with Crippen LogP contribution in [0.4, 0.5) is 22.0 Å². The average molecular weight is 417 g/mol. The zero-order valence-electron chi connectivity index (χ0n) is 13.5. The molecule has 0 unspecified atom stereocenters. The van der Waals surface area contributed by atoms with Gasteiger partial charge >= 0.3 is 12.1 Å². The van der Waals surface area contributed by atoms with E-state index in [4.69, 9.17) is 0 Å². The summed E-state index contributed by atoms with van der Waals surface area (Å²) in [6, 6.07) is 4.36. The molecule has 0 bridgehead atoms. The van der Waals surface area contributed by atoms with Crippen LogP contribution in [0.15, 0.2) is 34.2 Å². The summed E-state index contributed by atoms with van der Waals surface area (Å²) in [5.41, 5.74) is -0.977. The van der Waals surface area contributed by atoms with Gasteiger partial charge < -0.3 is 9.84 Å². The Hall–Kier alpha value is -3.15. The quantitative estimate of drug-likeness (QED) is 0.390. The van der Waals surface area contributed by atoms with Crippen molar-refractivity contribution in [1.29, 1.82) is 0 Å². The van der Waals surface area contributed by atoms with Gasteiger partial charge in [0, 0.05) is 17.7 Å². The van der Waals surface area contributed by atoms with E-state index in [1.807, 2.05) is 0 Å². The molecular formula is C16H8F5N3O3S. The number of hydrogen-bond acceptors (Lipinski definition) is 6. The molecule has 0 fully saturated rings. The number of hydrogen-bond donors (Lipinski definition) is 1. The molecule has 3 rings (SSSR count). The van der Waals surface area contributed by atoms with Gasteiger partial charge in [0.05, 0.1) is 4.88 Å². The SMILES string of the molecule is O=C(NCc1c(F)cc(-c2noc(C(F)(F)F)n2)cc1F)C(=O)c1cccs1. The summed E-state index contributed by atoms with van der Waals surface area (Å²) in [5.74, 6) is -6.58. The second kappa shape index (κ2) is 7.46. The summed E-state index contributed by atoms with van der Waals surface area (Å²) in [6.07, 6.45) is -4.90. The maximum atomic E-state index is 14.2. The number of halogens is 5. The number of ketones is 1. The van der Waals surface area contributed by atoms with E-state index < -0.39 is 53.3 Å². The molecule has 28 heavy (non-hydrogen) atoms. The third-order valence-electron chi connectivity index (χ3n) is 3.44. The summed E-state index contributed by atoms with van der Waals surface area (Å²) in [6.45, 7) is -0.645. The molecule has 1 amide bonds. The minimum Gasteiger partial charge on any atom is -0.345 e. The molecule has 6 nitrogen and oxygen atoms in total. The first-order chi connectivity index (χ1) is 13.2. The smallest absolute Gasteiger partial charge is 0.345 e. The number of aromatic nitrogens is 2. The summed E-state index contributed by atoms with van der Waals surface area (Å²) >= 11 is 1.03. The van der Waals surface area contributed by atoms with Crippen LogP contribution in [0.3, 0.4) is 0 Å². The van der Waals surface area contributed by atoms with Crippen molar-refractivity contribution in [2.24, 2.45) is 0 Å². The van der Waals surface area contributed by atoms with E-state index in [1.54, 1.807) is 11.4 Å². The number of nitrogens with zero attached hydrogens (tertiary/aromatic N) is 2. The van der Waals surface area contributed by atoms with Crippen molar-refractivity contribution in [2.75, 3.05) is 0 Å². The molecule has 146 valence electrons. The summed E-state index contributed by atoms with van der Waals surface area (Å²) < 4.78 is 69.8. The molecule has 0 saturated heterocycles. The Morgan fingerprint density at radius 3 is 2.39 bits per heavy atom. The van der Waals surface area contributed by atoms with Gasteiger partial charge in [-0.05, 0) is 23.6 Å². The highest BCUT2D eigenvalue weighted by atomic mass is 32.1. The van der Waals surface area contributed by atoms with Gasteiger partial charge in [0.25, 0.3) is 11.7 Å². The molecule has 2 aromatic heterocycles. The van der Waals surface area contributed by atoms with Gasteiger partial charge in [-0.2, -0.15) is 18.2 Å². The molecule has 12 heteroatoms. The van der Waals surface area contributed by atoms with Crippen molar-refractivity contribution >= 4 is 23.0 Å². The Morgan fingerprint density at radius 2 is 1.86 bits per heavy atom. The van der Waals surface area contributed by atoms with E-state index in [0.717, 1.165) is 11.3 Å². The van der Waals surface area contributed by atoms with Crippen LogP contribution in [0.25, 0.3) is 11.4 Å². The number of alkyl halides is 3. The van der Waals surface area contributed by atoms with Gasteiger partial charge in [0.1, 0.15) is 11.6 Å². The molecule has 0 atom stereocenters. The molecular weight excluding hydrogens is 409 g/mol. The van der Waals surface area contributed by atoms with Crippen LogP contribution < -0.4 is 5.32 Å². The minimum absolute atomic E-state index is 0.159. The highest BCUT2D eigenvalue weighted by molar-refractivity contribution is 7.13. The van der Waals surface area contributed by atoms with E-state index >= 15 is 0 Å². The Labute approximate surface area is 157 Å². The molecule has 1 aromatic carbocycles. The number of carbonyl (C=O) groups is 2. The predicted molar refractivity (Wildman–Crippen MR) is 85.1 cm³/mol. The topological polar surface area (TPSA) is 85.1 Å². The molecule has 1 N–H and O–H groups in total. The number of Topliss-reactive ketones (excluding diaryl/α,β-unsaturated/α-hetero) is 1. The van der Waals surface area contributed by atoms with Crippen LogP contribution >= 0.6 is 11.3 Å². The van der Waals surface area contributed by atoms with E-state index in [-0.39, 0.29) is 10.4 Å². The summed E-state index contributed by atoms with van der Waals surface area (Å²) in [4.78, 5) is 26.8. The van der Waals surface area contributed by atoms with E-state index in [1.165, 1.54) is 6.07 Å². The number of carbonyl (C=O) groups excluding carboxylic acids is 2. The van der Waals surface area contributed by atoms with Crippen molar-refractivity contribution in [2.45, 2.75) is 12.7 Å². The van der Waals surface area contributed by atoms with Crippen LogP contribution in [-0.4, -0.2) is 21.8 Å². The minimum atomic E-state index is -4.90. The van der Waals surface area contributed by atoms with Crippen molar-refractivity contribution in [3.8, 4) is 11.4 Å². The Morgan fingerprint density at radius 1 is 1.18 bits per heavy atom. The lowest BCUT2D eigenvalue weighted by molar-refractivity contribution is -0.159. The molecule has 0 aliphatic rings. The second-order valence-electron chi connectivity index (χ2n) is 5.33. The summed E-state index contributed by atoms with van der Waals surface area (Å²) in [5, 5.41) is 6.71. The van der Waals surface area contributed by atoms with Gasteiger partial charge in [-0.1, -0.05) is 11.2 Å². The fourth-order valence-corrected chi connectivity index (χ4v) is 2.79. The number of nitrogens with one attached hydrogen (secondary N) is 1. The Bertz CT molecular complexity index is 1010. The van der Waals surface area contributed by atoms with E-state index in [0.29, 0.717) is 12.1 Å². The third-order valence-corrected chi connectivity index (χ3v) is 4.31. The van der Waals surface area contributed by atoms with Crippen LogP contribution in [0, 0.1) is 11.6 Å². The monoisotopic (exact) mass is 417 g/mol. The van der Waals surface area contributed by atoms with Crippen LogP contribution in [-0.2, 0) is 17.5 Å². The standard InChI is InChI=1S/C16H8F5N3O3S/c17-9-4-7(13-23-15(27-24-13)16(19,20)21)5-10(18)8(9)6-22-14(26)12(25)11-2-1-3-28-11/h1-5H,6H2,(H,22,26). The van der Waals surface area contributed by atoms with Crippen LogP contribution in [0.2, 0.25) is 0 Å². The summed E-state index contributed by atoms with van der Waals surface area (Å²) in [7, 11) is 0. The van der Waals surface area contributed by atoms with Crippen molar-refractivity contribution in [3.05, 3.63) is 57.6 Å². The van der Waals surface area contributed by atoms with Gasteiger partial charge in [0.15, 0.2) is 0 Å². The average Bonchev–Trinajstić information content (AvgIpc) is 3.31. The zero-order valence-corrected chi connectivity index (χ0v) is 14.3. The van der Waals surface area contributed by atoms with Gasteiger partial charge in [0.2, 0.25) is 5.82 Å². The van der Waals surface area contributed by atoms with Gasteiger partial charge in [-0.3, -0.25) is 9.59 Å². The molecule has 2 heterocycles. The molecule has 3 aromatic rings. The lowest BCUT2D eigenvalue weighted by Crippen LogP contribution is -2.30. The van der Waals surface area contributed by atoms with Gasteiger partial charge in [-0.25, -0.2) is 8.78 Å². The fraction of sp³-hybridized carbons (Fsp3) is 0.125. The number of thiophene rings is 1. The predicted octanol–water partition coefficient (Wildman–Crippen LogP) is 3.59. The van der Waals surface area contributed by atoms with E-state index in [2.05, 4.69) is 20.0 Å². The van der Waals surface area contributed by atoms with Gasteiger partial charge in [-0.15, -0.1) is 11.3 Å². The number of rotatable bonds is 5. The Kier molecular flexibility index (Phi) is 5.23. The Balaban J connectivity index is 1.76. The molecule has 0 aliphatic carbocycles. The van der Waals surface area contributed by atoms with Crippen LogP contribution in [0.5, 0.6) is 0 Å². The molecule has 0 aliphatic heterocycles. The van der Waals surface area contributed by atoms with E-state index in [9.17, 15) is 31.5 Å². The first-order valence-corrected chi connectivity index (χ1v) is 8.30.